The minimum Gasteiger partial charge on any atom is -0.493 e. The van der Waals surface area contributed by atoms with Gasteiger partial charge < -0.3 is 20.1 Å². The average molecular weight is 529 g/mol. The van der Waals surface area contributed by atoms with Crippen molar-refractivity contribution in [1.29, 1.82) is 0 Å². The van der Waals surface area contributed by atoms with Gasteiger partial charge in [-0.25, -0.2) is 0 Å². The molecule has 0 saturated heterocycles. The molecule has 0 unspecified atom stereocenters. The number of Topliss-reactive ketones (excluding diaryl/α,β-unsaturated/α-hetero) is 2. The first kappa shape index (κ1) is 26.7. The summed E-state index contributed by atoms with van der Waals surface area (Å²) in [4.78, 5) is 39.5. The molecule has 0 radical (unpaired) electrons. The Hall–Kier alpha value is -3.87. The fourth-order valence-corrected chi connectivity index (χ4v) is 6.07. The van der Waals surface area contributed by atoms with Gasteiger partial charge in [-0.2, -0.15) is 0 Å². The lowest BCUT2D eigenvalue weighted by Crippen LogP contribution is -2.42. The number of allylic oxidation sites excluding steroid dienone is 4. The highest BCUT2D eigenvalue weighted by molar-refractivity contribution is 6.06. The fourth-order valence-electron chi connectivity index (χ4n) is 6.07. The molecule has 5 rings (SSSR count). The standard InChI is InChI=1S/C32H36N2O5/c1-31(2)14-21-29(23(35)16-31)28(30-22(34-21)15-32(3,4)17-24(30)36)19-11-12-25(26(13-19)38-5)39-18-27(37)33-20-9-7-6-8-10-20/h6-13,28,34H,14-18H2,1-5H3,(H,33,37). The Balaban J connectivity index is 1.48. The molecule has 3 aliphatic rings. The number of benzene rings is 2. The van der Waals surface area contributed by atoms with Crippen LogP contribution in [0.1, 0.15) is 64.9 Å². The summed E-state index contributed by atoms with van der Waals surface area (Å²) in [5, 5.41) is 6.34. The first-order valence-electron chi connectivity index (χ1n) is 13.4. The molecule has 2 aliphatic carbocycles. The summed E-state index contributed by atoms with van der Waals surface area (Å²) in [5.41, 5.74) is 4.37. The van der Waals surface area contributed by atoms with Gasteiger partial charge in [-0.05, 0) is 53.5 Å². The van der Waals surface area contributed by atoms with Gasteiger partial charge in [-0.15, -0.1) is 0 Å². The molecule has 0 spiro atoms. The Morgan fingerprint density at radius 2 is 1.46 bits per heavy atom. The van der Waals surface area contributed by atoms with E-state index in [0.717, 1.165) is 29.8 Å². The van der Waals surface area contributed by atoms with Crippen LogP contribution in [0.25, 0.3) is 0 Å². The van der Waals surface area contributed by atoms with Crippen molar-refractivity contribution < 1.29 is 23.9 Å². The SMILES string of the molecule is COc1cc(C2C3=C(CC(C)(C)CC3=O)NC3=C2C(=O)CC(C)(C)C3)ccc1OCC(=O)Nc1ccccc1. The topological polar surface area (TPSA) is 93.7 Å². The summed E-state index contributed by atoms with van der Waals surface area (Å²) in [6.07, 6.45) is 2.35. The highest BCUT2D eigenvalue weighted by Gasteiger charge is 2.46. The predicted octanol–water partition coefficient (Wildman–Crippen LogP) is 5.69. The van der Waals surface area contributed by atoms with Crippen LogP contribution in [0.4, 0.5) is 5.69 Å². The third-order valence-electron chi connectivity index (χ3n) is 7.66. The van der Waals surface area contributed by atoms with Crippen LogP contribution >= 0.6 is 0 Å². The maximum Gasteiger partial charge on any atom is 0.262 e. The summed E-state index contributed by atoms with van der Waals surface area (Å²) in [7, 11) is 1.54. The number of carbonyl (C=O) groups is 3. The summed E-state index contributed by atoms with van der Waals surface area (Å²) in [5.74, 6) is 0.234. The Kier molecular flexibility index (Phi) is 6.87. The minimum absolute atomic E-state index is 0.0693. The Morgan fingerprint density at radius 1 is 0.872 bits per heavy atom. The second kappa shape index (κ2) is 10.0. The molecule has 2 N–H and O–H groups in total. The molecule has 39 heavy (non-hydrogen) atoms. The smallest absolute Gasteiger partial charge is 0.262 e. The molecule has 1 heterocycles. The van der Waals surface area contributed by atoms with E-state index in [1.165, 1.54) is 7.11 Å². The van der Waals surface area contributed by atoms with E-state index in [0.29, 0.717) is 41.2 Å². The van der Waals surface area contributed by atoms with Crippen molar-refractivity contribution in [3.05, 3.63) is 76.6 Å². The molecule has 2 aromatic rings. The molecular weight excluding hydrogens is 492 g/mol. The van der Waals surface area contributed by atoms with Crippen LogP contribution in [0.2, 0.25) is 0 Å². The number of dihydropyridines is 1. The number of methoxy groups -OCH3 is 1. The third kappa shape index (κ3) is 5.49. The largest absolute Gasteiger partial charge is 0.493 e. The molecule has 7 heteroatoms. The third-order valence-corrected chi connectivity index (χ3v) is 7.66. The van der Waals surface area contributed by atoms with E-state index in [9.17, 15) is 14.4 Å². The number of carbonyl (C=O) groups excluding carboxylic acids is 3. The molecule has 0 bridgehead atoms. The molecule has 0 aromatic heterocycles. The van der Waals surface area contributed by atoms with E-state index in [-0.39, 0.29) is 34.9 Å². The summed E-state index contributed by atoms with van der Waals surface area (Å²) in [6.45, 7) is 8.23. The van der Waals surface area contributed by atoms with Gasteiger partial charge >= 0.3 is 0 Å². The predicted molar refractivity (Wildman–Crippen MR) is 150 cm³/mol. The maximum atomic E-state index is 13.6. The number of anilines is 1. The number of ketones is 2. The van der Waals surface area contributed by atoms with Gasteiger partial charge in [0.2, 0.25) is 0 Å². The van der Waals surface area contributed by atoms with Crippen molar-refractivity contribution in [1.82, 2.24) is 5.32 Å². The van der Waals surface area contributed by atoms with Gasteiger partial charge in [0.25, 0.3) is 5.91 Å². The highest BCUT2D eigenvalue weighted by Crippen LogP contribution is 2.51. The van der Waals surface area contributed by atoms with Gasteiger partial charge in [-0.3, -0.25) is 14.4 Å². The van der Waals surface area contributed by atoms with E-state index < -0.39 is 5.92 Å². The summed E-state index contributed by atoms with van der Waals surface area (Å²) >= 11 is 0. The van der Waals surface area contributed by atoms with Crippen molar-refractivity contribution >= 4 is 23.2 Å². The Labute approximate surface area is 229 Å². The molecule has 0 atom stereocenters. The molecule has 204 valence electrons. The Morgan fingerprint density at radius 3 is 2.03 bits per heavy atom. The lowest BCUT2D eigenvalue weighted by Gasteiger charge is -2.44. The molecular formula is C32H36N2O5. The number of ether oxygens (including phenoxy) is 2. The van der Waals surface area contributed by atoms with Crippen LogP contribution in [-0.4, -0.2) is 31.2 Å². The second-order valence-corrected chi connectivity index (χ2v) is 12.3. The molecule has 0 fully saturated rings. The van der Waals surface area contributed by atoms with E-state index in [1.807, 2.05) is 30.3 Å². The monoisotopic (exact) mass is 528 g/mol. The van der Waals surface area contributed by atoms with E-state index in [4.69, 9.17) is 9.47 Å². The number of nitrogens with one attached hydrogen (secondary N) is 2. The van der Waals surface area contributed by atoms with Crippen LogP contribution < -0.4 is 20.1 Å². The summed E-state index contributed by atoms with van der Waals surface area (Å²) in [6, 6.07) is 14.6. The van der Waals surface area contributed by atoms with Gasteiger partial charge in [0.1, 0.15) is 0 Å². The molecule has 0 saturated carbocycles. The normalized spacial score (nSPS) is 20.1. The minimum atomic E-state index is -0.465. The first-order chi connectivity index (χ1) is 18.5. The number of amides is 1. The van der Waals surface area contributed by atoms with Crippen molar-refractivity contribution in [3.63, 3.8) is 0 Å². The van der Waals surface area contributed by atoms with Gasteiger partial charge in [0.15, 0.2) is 29.7 Å². The van der Waals surface area contributed by atoms with E-state index >= 15 is 0 Å². The molecule has 1 aliphatic heterocycles. The quantitative estimate of drug-likeness (QED) is 0.501. The van der Waals surface area contributed by atoms with Crippen LogP contribution in [0.15, 0.2) is 71.1 Å². The van der Waals surface area contributed by atoms with Gasteiger partial charge in [0, 0.05) is 47.0 Å². The van der Waals surface area contributed by atoms with Crippen molar-refractivity contribution in [2.24, 2.45) is 10.8 Å². The van der Waals surface area contributed by atoms with Crippen LogP contribution in [-0.2, 0) is 14.4 Å². The zero-order valence-electron chi connectivity index (χ0n) is 23.3. The van der Waals surface area contributed by atoms with Gasteiger partial charge in [-0.1, -0.05) is 52.0 Å². The van der Waals surface area contributed by atoms with Crippen LogP contribution in [0, 0.1) is 10.8 Å². The number of hydrogen-bond acceptors (Lipinski definition) is 6. The zero-order chi connectivity index (χ0) is 27.9. The van der Waals surface area contributed by atoms with Crippen molar-refractivity contribution in [2.45, 2.75) is 59.3 Å². The fraction of sp³-hybridized carbons (Fsp3) is 0.406. The molecule has 1 amide bonds. The van der Waals surface area contributed by atoms with E-state index in [1.54, 1.807) is 18.2 Å². The first-order valence-corrected chi connectivity index (χ1v) is 13.4. The van der Waals surface area contributed by atoms with Gasteiger partial charge in [0.05, 0.1) is 7.11 Å². The number of hydrogen-bond donors (Lipinski definition) is 2. The van der Waals surface area contributed by atoms with E-state index in [2.05, 4.69) is 38.3 Å². The number of para-hydroxylation sites is 1. The average Bonchev–Trinajstić information content (AvgIpc) is 2.85. The Bertz CT molecular complexity index is 1350. The van der Waals surface area contributed by atoms with Crippen molar-refractivity contribution in [3.8, 4) is 11.5 Å². The maximum absolute atomic E-state index is 13.6. The second-order valence-electron chi connectivity index (χ2n) is 12.3. The molecule has 2 aromatic carbocycles. The zero-order valence-corrected chi connectivity index (χ0v) is 23.3. The molecule has 7 nitrogen and oxygen atoms in total. The van der Waals surface area contributed by atoms with Crippen LogP contribution in [0.5, 0.6) is 11.5 Å². The van der Waals surface area contributed by atoms with Crippen molar-refractivity contribution in [2.75, 3.05) is 19.0 Å². The number of rotatable bonds is 6. The van der Waals surface area contributed by atoms with Crippen LogP contribution in [0.3, 0.4) is 0 Å². The lowest BCUT2D eigenvalue weighted by atomic mass is 9.64. The lowest BCUT2D eigenvalue weighted by molar-refractivity contribution is -0.119. The highest BCUT2D eigenvalue weighted by atomic mass is 16.5. The summed E-state index contributed by atoms with van der Waals surface area (Å²) < 4.78 is 11.5.